The van der Waals surface area contributed by atoms with Crippen LogP contribution < -0.4 is 0 Å². The first-order chi connectivity index (χ1) is 9.74. The number of nitrogens with zero attached hydrogens (tertiary/aromatic N) is 1. The first-order valence-electron chi connectivity index (χ1n) is 6.45. The summed E-state index contributed by atoms with van der Waals surface area (Å²) in [7, 11) is 0. The fourth-order valence-corrected chi connectivity index (χ4v) is 2.70. The average Bonchev–Trinajstić information content (AvgIpc) is 2.78. The van der Waals surface area contributed by atoms with Crippen molar-refractivity contribution < 1.29 is 22.8 Å². The lowest BCUT2D eigenvalue weighted by Crippen LogP contribution is -2.33. The standard InChI is InChI=1S/C14H13BrF3NO2/c1-2-8-5-12(20)19(7-8)13(21)10-4-3-9(15)6-11(10)14(16,17)18/h3-4,6,8H,2,5,7H2,1H3. The third-order valence-electron chi connectivity index (χ3n) is 3.55. The van der Waals surface area contributed by atoms with E-state index in [1.54, 1.807) is 0 Å². The predicted octanol–water partition coefficient (Wildman–Crippen LogP) is 3.87. The van der Waals surface area contributed by atoms with Gasteiger partial charge < -0.3 is 0 Å². The van der Waals surface area contributed by atoms with Gasteiger partial charge in [0.05, 0.1) is 11.1 Å². The smallest absolute Gasteiger partial charge is 0.278 e. The van der Waals surface area contributed by atoms with E-state index >= 15 is 0 Å². The molecule has 1 aliphatic heterocycles. The van der Waals surface area contributed by atoms with Gasteiger partial charge in [0.1, 0.15) is 0 Å². The van der Waals surface area contributed by atoms with Crippen molar-refractivity contribution in [1.29, 1.82) is 0 Å². The number of hydrogen-bond acceptors (Lipinski definition) is 2. The van der Waals surface area contributed by atoms with E-state index in [0.717, 1.165) is 17.0 Å². The molecule has 21 heavy (non-hydrogen) atoms. The maximum atomic E-state index is 13.0. The number of rotatable bonds is 2. The Hall–Kier alpha value is -1.37. The first kappa shape index (κ1) is 16.0. The summed E-state index contributed by atoms with van der Waals surface area (Å²) < 4.78 is 39.3. The van der Waals surface area contributed by atoms with E-state index in [1.165, 1.54) is 6.07 Å². The van der Waals surface area contributed by atoms with Crippen molar-refractivity contribution in [2.75, 3.05) is 6.54 Å². The van der Waals surface area contributed by atoms with Gasteiger partial charge in [0.2, 0.25) is 5.91 Å². The lowest BCUT2D eigenvalue weighted by Gasteiger charge is -2.18. The molecule has 0 aliphatic carbocycles. The molecule has 2 rings (SSSR count). The number of carbonyl (C=O) groups is 2. The van der Waals surface area contributed by atoms with Gasteiger partial charge in [-0.3, -0.25) is 14.5 Å². The zero-order valence-electron chi connectivity index (χ0n) is 11.2. The minimum Gasteiger partial charge on any atom is -0.278 e. The zero-order chi connectivity index (χ0) is 15.8. The molecule has 1 aromatic carbocycles. The van der Waals surface area contributed by atoms with Crippen LogP contribution in [-0.4, -0.2) is 23.3 Å². The Morgan fingerprint density at radius 2 is 2.10 bits per heavy atom. The highest BCUT2D eigenvalue weighted by Gasteiger charge is 2.39. The number of alkyl halides is 3. The van der Waals surface area contributed by atoms with Gasteiger partial charge in [0.25, 0.3) is 5.91 Å². The van der Waals surface area contributed by atoms with E-state index in [-0.39, 0.29) is 23.4 Å². The van der Waals surface area contributed by atoms with Crippen LogP contribution in [0.25, 0.3) is 0 Å². The van der Waals surface area contributed by atoms with Crippen LogP contribution >= 0.6 is 15.9 Å². The van der Waals surface area contributed by atoms with Crippen LogP contribution in [0.3, 0.4) is 0 Å². The number of benzene rings is 1. The van der Waals surface area contributed by atoms with Gasteiger partial charge in [0, 0.05) is 17.4 Å². The van der Waals surface area contributed by atoms with Crippen molar-refractivity contribution >= 4 is 27.7 Å². The molecule has 7 heteroatoms. The lowest BCUT2D eigenvalue weighted by atomic mass is 10.1. The molecule has 0 saturated carbocycles. The number of hydrogen-bond donors (Lipinski definition) is 0. The molecule has 0 N–H and O–H groups in total. The van der Waals surface area contributed by atoms with Crippen LogP contribution in [-0.2, 0) is 11.0 Å². The van der Waals surface area contributed by atoms with Gasteiger partial charge in [-0.25, -0.2) is 0 Å². The second-order valence-electron chi connectivity index (χ2n) is 4.98. The molecular formula is C14H13BrF3NO2. The summed E-state index contributed by atoms with van der Waals surface area (Å²) in [4.78, 5) is 25.0. The van der Waals surface area contributed by atoms with E-state index in [4.69, 9.17) is 0 Å². The Morgan fingerprint density at radius 3 is 2.62 bits per heavy atom. The fraction of sp³-hybridized carbons (Fsp3) is 0.429. The average molecular weight is 364 g/mol. The van der Waals surface area contributed by atoms with E-state index in [9.17, 15) is 22.8 Å². The summed E-state index contributed by atoms with van der Waals surface area (Å²) in [5, 5.41) is 0. The van der Waals surface area contributed by atoms with Crippen molar-refractivity contribution in [2.45, 2.75) is 25.9 Å². The molecule has 0 aromatic heterocycles. The Morgan fingerprint density at radius 1 is 1.43 bits per heavy atom. The molecule has 1 atom stereocenters. The van der Waals surface area contributed by atoms with Gasteiger partial charge in [0.15, 0.2) is 0 Å². The van der Waals surface area contributed by atoms with E-state index in [0.29, 0.717) is 6.42 Å². The summed E-state index contributed by atoms with van der Waals surface area (Å²) in [6.45, 7) is 2.06. The van der Waals surface area contributed by atoms with Gasteiger partial charge in [-0.1, -0.05) is 29.3 Å². The van der Waals surface area contributed by atoms with Crippen molar-refractivity contribution in [2.24, 2.45) is 5.92 Å². The van der Waals surface area contributed by atoms with Crippen LogP contribution in [0.4, 0.5) is 13.2 Å². The van der Waals surface area contributed by atoms with Crippen molar-refractivity contribution in [3.8, 4) is 0 Å². The quantitative estimate of drug-likeness (QED) is 0.748. The van der Waals surface area contributed by atoms with Gasteiger partial charge in [-0.2, -0.15) is 13.2 Å². The molecule has 0 radical (unpaired) electrons. The first-order valence-corrected chi connectivity index (χ1v) is 7.24. The Labute approximate surface area is 128 Å². The fourth-order valence-electron chi connectivity index (χ4n) is 2.33. The third-order valence-corrected chi connectivity index (χ3v) is 4.04. The predicted molar refractivity (Wildman–Crippen MR) is 73.6 cm³/mol. The molecule has 1 unspecified atom stereocenters. The molecule has 1 fully saturated rings. The molecule has 114 valence electrons. The number of imide groups is 1. The number of halogens is 4. The van der Waals surface area contributed by atoms with Crippen LogP contribution in [0.15, 0.2) is 22.7 Å². The zero-order valence-corrected chi connectivity index (χ0v) is 12.8. The molecule has 1 saturated heterocycles. The summed E-state index contributed by atoms with van der Waals surface area (Å²) in [6, 6.07) is 3.31. The lowest BCUT2D eigenvalue weighted by molar-refractivity contribution is -0.138. The summed E-state index contributed by atoms with van der Waals surface area (Å²) in [5.41, 5.74) is -1.52. The number of likely N-dealkylation sites (tertiary alicyclic amines) is 1. The molecule has 0 bridgehead atoms. The maximum Gasteiger partial charge on any atom is 0.417 e. The summed E-state index contributed by atoms with van der Waals surface area (Å²) in [5.74, 6) is -1.27. The second-order valence-corrected chi connectivity index (χ2v) is 5.89. The highest BCUT2D eigenvalue weighted by Crippen LogP contribution is 2.35. The molecule has 2 amide bonds. The Kier molecular flexibility index (Phi) is 4.41. The molecule has 1 heterocycles. The SMILES string of the molecule is CCC1CC(=O)N(C(=O)c2ccc(Br)cc2C(F)(F)F)C1. The number of carbonyl (C=O) groups excluding carboxylic acids is 2. The highest BCUT2D eigenvalue weighted by atomic mass is 79.9. The Bertz CT molecular complexity index is 586. The van der Waals surface area contributed by atoms with Crippen LogP contribution in [0.2, 0.25) is 0 Å². The topological polar surface area (TPSA) is 37.4 Å². The van der Waals surface area contributed by atoms with Gasteiger partial charge >= 0.3 is 6.18 Å². The van der Waals surface area contributed by atoms with Gasteiger partial charge in [-0.15, -0.1) is 0 Å². The monoisotopic (exact) mass is 363 g/mol. The largest absolute Gasteiger partial charge is 0.417 e. The number of amides is 2. The summed E-state index contributed by atoms with van der Waals surface area (Å²) >= 11 is 2.96. The molecule has 3 nitrogen and oxygen atoms in total. The van der Waals surface area contributed by atoms with E-state index < -0.39 is 29.1 Å². The highest BCUT2D eigenvalue weighted by molar-refractivity contribution is 9.10. The molecule has 1 aliphatic rings. The molecule has 0 spiro atoms. The maximum absolute atomic E-state index is 13.0. The van der Waals surface area contributed by atoms with Crippen molar-refractivity contribution in [1.82, 2.24) is 4.90 Å². The Balaban J connectivity index is 2.38. The molecule has 1 aromatic rings. The van der Waals surface area contributed by atoms with Crippen LogP contribution in [0.1, 0.15) is 35.7 Å². The second kappa shape index (κ2) is 5.79. The third kappa shape index (κ3) is 3.28. The minimum absolute atomic E-state index is 0.0197. The summed E-state index contributed by atoms with van der Waals surface area (Å²) in [6.07, 6.45) is -3.73. The molecular weight excluding hydrogens is 351 g/mol. The van der Waals surface area contributed by atoms with E-state index in [2.05, 4.69) is 15.9 Å². The van der Waals surface area contributed by atoms with Crippen molar-refractivity contribution in [3.05, 3.63) is 33.8 Å². The van der Waals surface area contributed by atoms with Crippen LogP contribution in [0, 0.1) is 5.92 Å². The van der Waals surface area contributed by atoms with E-state index in [1.807, 2.05) is 6.92 Å². The minimum atomic E-state index is -4.65. The van der Waals surface area contributed by atoms with Gasteiger partial charge in [-0.05, 0) is 24.1 Å². The van der Waals surface area contributed by atoms with Crippen molar-refractivity contribution in [3.63, 3.8) is 0 Å². The normalized spacial score (nSPS) is 19.2. The van der Waals surface area contributed by atoms with Crippen LogP contribution in [0.5, 0.6) is 0 Å².